The van der Waals surface area contributed by atoms with Crippen molar-refractivity contribution in [1.29, 1.82) is 0 Å². The summed E-state index contributed by atoms with van der Waals surface area (Å²) in [4.78, 5) is 14.8. The molecule has 2 atom stereocenters. The SMILES string of the molecule is CCN(CC)c1ccc2c(c1)OC(=O)C([B]OC(C)(C)C(C)(C)O)C2C. The van der Waals surface area contributed by atoms with E-state index in [-0.39, 0.29) is 11.9 Å². The summed E-state index contributed by atoms with van der Waals surface area (Å²) in [5.41, 5.74) is 0.184. The first-order chi connectivity index (χ1) is 12.0. The second kappa shape index (κ2) is 7.61. The van der Waals surface area contributed by atoms with Crippen molar-refractivity contribution in [2.24, 2.45) is 0 Å². The molecule has 0 amide bonds. The molecule has 143 valence electrons. The van der Waals surface area contributed by atoms with E-state index in [0.717, 1.165) is 24.3 Å². The van der Waals surface area contributed by atoms with E-state index in [4.69, 9.17) is 9.39 Å². The number of nitrogens with zero attached hydrogens (tertiary/aromatic N) is 1. The smallest absolute Gasteiger partial charge is 0.309 e. The predicted molar refractivity (Wildman–Crippen MR) is 105 cm³/mol. The van der Waals surface area contributed by atoms with Crippen LogP contribution in [-0.4, -0.2) is 42.8 Å². The molecule has 0 saturated heterocycles. The van der Waals surface area contributed by atoms with Crippen LogP contribution in [0.25, 0.3) is 0 Å². The molecule has 2 unspecified atom stereocenters. The number of hydrogen-bond donors (Lipinski definition) is 1. The summed E-state index contributed by atoms with van der Waals surface area (Å²) < 4.78 is 11.4. The standard InChI is InChI=1S/C20H31BNO4/c1-8-22(9-2)14-10-11-15-13(3)17(18(23)25-16(15)12-14)21-26-20(6,7)19(4,5)24/h10-13,17,24H,8-9H2,1-7H3. The van der Waals surface area contributed by atoms with Gasteiger partial charge in [-0.1, -0.05) is 13.0 Å². The highest BCUT2D eigenvalue weighted by Crippen LogP contribution is 2.42. The summed E-state index contributed by atoms with van der Waals surface area (Å²) >= 11 is 0. The van der Waals surface area contributed by atoms with Crippen molar-refractivity contribution in [1.82, 2.24) is 0 Å². The molecule has 1 aromatic rings. The van der Waals surface area contributed by atoms with E-state index in [1.165, 1.54) is 7.48 Å². The second-order valence-corrected chi connectivity index (χ2v) is 7.95. The monoisotopic (exact) mass is 360 g/mol. The second-order valence-electron chi connectivity index (χ2n) is 7.95. The summed E-state index contributed by atoms with van der Waals surface area (Å²) in [6.45, 7) is 15.0. The molecule has 0 bridgehead atoms. The summed E-state index contributed by atoms with van der Waals surface area (Å²) in [5, 5.41) is 10.2. The Kier molecular flexibility index (Phi) is 6.08. The Balaban J connectivity index is 2.20. The van der Waals surface area contributed by atoms with Gasteiger partial charge in [0.25, 0.3) is 0 Å². The highest BCUT2D eigenvalue weighted by molar-refractivity contribution is 6.38. The van der Waals surface area contributed by atoms with Crippen molar-refractivity contribution in [3.05, 3.63) is 23.8 Å². The van der Waals surface area contributed by atoms with Crippen molar-refractivity contribution in [3.63, 3.8) is 0 Å². The van der Waals surface area contributed by atoms with Gasteiger partial charge < -0.3 is 19.4 Å². The zero-order chi connectivity index (χ0) is 19.7. The Hall–Kier alpha value is -1.53. The van der Waals surface area contributed by atoms with E-state index in [0.29, 0.717) is 5.75 Å². The lowest BCUT2D eigenvalue weighted by Gasteiger charge is -2.39. The van der Waals surface area contributed by atoms with Crippen LogP contribution in [0.2, 0.25) is 5.82 Å². The van der Waals surface area contributed by atoms with Crippen LogP contribution in [0, 0.1) is 0 Å². The van der Waals surface area contributed by atoms with Crippen molar-refractivity contribution in [2.45, 2.75) is 71.4 Å². The Labute approximate surface area is 157 Å². The molecule has 6 heteroatoms. The maximum absolute atomic E-state index is 12.5. The van der Waals surface area contributed by atoms with E-state index in [2.05, 4.69) is 24.8 Å². The number of anilines is 1. The van der Waals surface area contributed by atoms with Crippen LogP contribution in [0.5, 0.6) is 5.75 Å². The molecule has 0 aliphatic carbocycles. The van der Waals surface area contributed by atoms with Crippen LogP contribution in [0.15, 0.2) is 18.2 Å². The number of carbonyl (C=O) groups is 1. The fraction of sp³-hybridized carbons (Fsp3) is 0.650. The van der Waals surface area contributed by atoms with Crippen molar-refractivity contribution in [2.75, 3.05) is 18.0 Å². The number of esters is 1. The number of hydrogen-bond acceptors (Lipinski definition) is 5. The van der Waals surface area contributed by atoms with Gasteiger partial charge in [-0.25, -0.2) is 0 Å². The van der Waals surface area contributed by atoms with Crippen LogP contribution in [0.3, 0.4) is 0 Å². The molecular formula is C20H31BNO4. The number of benzene rings is 1. The maximum Gasteiger partial charge on any atom is 0.309 e. The van der Waals surface area contributed by atoms with Crippen LogP contribution >= 0.6 is 0 Å². The third kappa shape index (κ3) is 4.07. The molecule has 1 N–H and O–H groups in total. The van der Waals surface area contributed by atoms with E-state index in [1.807, 2.05) is 19.1 Å². The van der Waals surface area contributed by atoms with Gasteiger partial charge >= 0.3 is 13.5 Å². The molecule has 1 aliphatic rings. The molecular weight excluding hydrogens is 329 g/mol. The van der Waals surface area contributed by atoms with Crippen LogP contribution in [0.4, 0.5) is 5.69 Å². The third-order valence-corrected chi connectivity index (χ3v) is 5.62. The Bertz CT molecular complexity index is 650. The largest absolute Gasteiger partial charge is 0.432 e. The topological polar surface area (TPSA) is 59.0 Å². The Morgan fingerprint density at radius 2 is 1.85 bits per heavy atom. The zero-order valence-electron chi connectivity index (χ0n) is 17.0. The molecule has 5 nitrogen and oxygen atoms in total. The lowest BCUT2D eigenvalue weighted by molar-refractivity contribution is -0.136. The first-order valence-corrected chi connectivity index (χ1v) is 9.36. The molecule has 1 aliphatic heterocycles. The lowest BCUT2D eigenvalue weighted by Crippen LogP contribution is -2.49. The number of carbonyl (C=O) groups excluding carboxylic acids is 1. The van der Waals surface area contributed by atoms with Gasteiger partial charge in [0.05, 0.1) is 17.0 Å². The number of rotatable bonds is 7. The minimum atomic E-state index is -1.04. The Morgan fingerprint density at radius 1 is 1.23 bits per heavy atom. The summed E-state index contributed by atoms with van der Waals surface area (Å²) in [6, 6.07) is 6.04. The first kappa shape index (κ1) is 20.8. The highest BCUT2D eigenvalue weighted by atomic mass is 16.5. The Morgan fingerprint density at radius 3 is 2.38 bits per heavy atom. The van der Waals surface area contributed by atoms with E-state index < -0.39 is 17.0 Å². The van der Waals surface area contributed by atoms with Gasteiger partial charge in [-0.2, -0.15) is 0 Å². The molecule has 1 heterocycles. The van der Waals surface area contributed by atoms with Gasteiger partial charge in [0.1, 0.15) is 5.75 Å². The van der Waals surface area contributed by atoms with Crippen molar-refractivity contribution in [3.8, 4) is 5.75 Å². The number of aliphatic hydroxyl groups is 1. The van der Waals surface area contributed by atoms with Gasteiger partial charge in [0.2, 0.25) is 0 Å². The fourth-order valence-corrected chi connectivity index (χ4v) is 2.91. The summed E-state index contributed by atoms with van der Waals surface area (Å²) in [6.07, 6.45) is 0. The predicted octanol–water partition coefficient (Wildman–Crippen LogP) is 3.53. The molecule has 1 radical (unpaired) electrons. The minimum Gasteiger partial charge on any atom is -0.432 e. The lowest BCUT2D eigenvalue weighted by atomic mass is 9.67. The average Bonchev–Trinajstić information content (AvgIpc) is 2.54. The molecule has 2 rings (SSSR count). The maximum atomic E-state index is 12.5. The third-order valence-electron chi connectivity index (χ3n) is 5.62. The quantitative estimate of drug-likeness (QED) is 0.458. The normalized spacial score (nSPS) is 20.4. The minimum absolute atomic E-state index is 0.0605. The van der Waals surface area contributed by atoms with Crippen LogP contribution in [0.1, 0.15) is 59.9 Å². The zero-order valence-corrected chi connectivity index (χ0v) is 17.0. The van der Waals surface area contributed by atoms with Gasteiger partial charge in [-0.15, -0.1) is 0 Å². The van der Waals surface area contributed by atoms with E-state index in [1.54, 1.807) is 27.7 Å². The van der Waals surface area contributed by atoms with Crippen molar-refractivity contribution >= 4 is 19.1 Å². The van der Waals surface area contributed by atoms with Crippen LogP contribution in [-0.2, 0) is 9.45 Å². The van der Waals surface area contributed by atoms with Gasteiger partial charge in [-0.05, 0) is 59.1 Å². The van der Waals surface area contributed by atoms with Crippen molar-refractivity contribution < 1.29 is 19.3 Å². The van der Waals surface area contributed by atoms with Crippen LogP contribution < -0.4 is 9.64 Å². The summed E-state index contributed by atoms with van der Waals surface area (Å²) in [7, 11) is 1.52. The summed E-state index contributed by atoms with van der Waals surface area (Å²) in [5.74, 6) is -0.274. The van der Waals surface area contributed by atoms with Gasteiger partial charge in [0.15, 0.2) is 0 Å². The fourth-order valence-electron chi connectivity index (χ4n) is 2.91. The van der Waals surface area contributed by atoms with E-state index >= 15 is 0 Å². The highest BCUT2D eigenvalue weighted by Gasteiger charge is 2.41. The van der Waals surface area contributed by atoms with Gasteiger partial charge in [-0.3, -0.25) is 4.79 Å². The molecule has 0 fully saturated rings. The molecule has 26 heavy (non-hydrogen) atoms. The molecule has 0 saturated carbocycles. The molecule has 1 aromatic carbocycles. The number of fused-ring (bicyclic) bond motifs is 1. The first-order valence-electron chi connectivity index (χ1n) is 9.36. The molecule has 0 spiro atoms. The average molecular weight is 360 g/mol. The number of ether oxygens (including phenoxy) is 1. The molecule has 0 aromatic heterocycles. The van der Waals surface area contributed by atoms with Gasteiger partial charge in [0, 0.05) is 24.8 Å². The van der Waals surface area contributed by atoms with E-state index in [9.17, 15) is 9.90 Å².